The third-order valence-corrected chi connectivity index (χ3v) is 9.50. The van der Waals surface area contributed by atoms with Crippen LogP contribution in [0.25, 0.3) is 10.8 Å². The normalized spacial score (nSPS) is 27.5. The van der Waals surface area contributed by atoms with Crippen molar-refractivity contribution in [3.05, 3.63) is 66.5 Å². The van der Waals surface area contributed by atoms with E-state index in [0.717, 1.165) is 29.2 Å². The van der Waals surface area contributed by atoms with E-state index in [1.54, 1.807) is 18.5 Å². The van der Waals surface area contributed by atoms with E-state index in [0.29, 0.717) is 41.6 Å². The molecule has 2 aliphatic heterocycles. The van der Waals surface area contributed by atoms with Crippen LogP contribution in [-0.2, 0) is 16.6 Å². The molecule has 2 saturated carbocycles. The first kappa shape index (κ1) is 20.2. The summed E-state index contributed by atoms with van der Waals surface area (Å²) in [5.74, 6) is 2.52. The second kappa shape index (κ2) is 7.85. The lowest BCUT2D eigenvalue weighted by molar-refractivity contribution is 0.148. The van der Waals surface area contributed by atoms with Gasteiger partial charge in [0.25, 0.3) is 0 Å². The lowest BCUT2D eigenvalue weighted by atomic mass is 9.68. The molecule has 1 aromatic heterocycles. The van der Waals surface area contributed by atoms with Gasteiger partial charge in [-0.3, -0.25) is 4.98 Å². The quantitative estimate of drug-likeness (QED) is 0.550. The number of hydrogen-bond acceptors (Lipinski definition) is 4. The van der Waals surface area contributed by atoms with E-state index >= 15 is 0 Å². The molecule has 0 N–H and O–H groups in total. The highest BCUT2D eigenvalue weighted by atomic mass is 32.2. The van der Waals surface area contributed by atoms with E-state index in [9.17, 15) is 8.42 Å². The summed E-state index contributed by atoms with van der Waals surface area (Å²) in [6.45, 7) is 1.04. The molecule has 3 heterocycles. The van der Waals surface area contributed by atoms with Crippen LogP contribution in [0.15, 0.2) is 65.8 Å². The number of sulfonamides is 1. The first-order valence-corrected chi connectivity index (χ1v) is 13.1. The van der Waals surface area contributed by atoms with Crippen molar-refractivity contribution in [1.29, 1.82) is 0 Å². The van der Waals surface area contributed by atoms with Crippen LogP contribution in [0.1, 0.15) is 37.7 Å². The lowest BCUT2D eigenvalue weighted by Crippen LogP contribution is -2.42. The van der Waals surface area contributed by atoms with E-state index in [2.05, 4.69) is 4.98 Å². The number of benzene rings is 2. The van der Waals surface area contributed by atoms with Crippen molar-refractivity contribution in [2.24, 2.45) is 17.8 Å². The zero-order chi connectivity index (χ0) is 21.7. The molecular weight excluding hydrogens is 420 g/mol. The van der Waals surface area contributed by atoms with E-state index in [1.165, 1.54) is 19.3 Å². The third kappa shape index (κ3) is 3.59. The third-order valence-electron chi connectivity index (χ3n) is 7.60. The molecule has 7 rings (SSSR count). The number of ether oxygens (including phenoxy) is 1. The fourth-order valence-corrected chi connectivity index (χ4v) is 8.10. The molecule has 0 amide bonds. The Hall–Kier alpha value is -2.44. The topological polar surface area (TPSA) is 59.5 Å². The van der Waals surface area contributed by atoms with Gasteiger partial charge in [-0.1, -0.05) is 24.3 Å². The molecule has 2 aliphatic carbocycles. The summed E-state index contributed by atoms with van der Waals surface area (Å²) in [5.41, 5.74) is 0.998. The Morgan fingerprint density at radius 1 is 0.906 bits per heavy atom. The van der Waals surface area contributed by atoms with Crippen molar-refractivity contribution in [3.63, 3.8) is 0 Å². The molecule has 32 heavy (non-hydrogen) atoms. The molecule has 3 aromatic rings. The number of rotatable bonds is 5. The Kier molecular flexibility index (Phi) is 4.95. The van der Waals surface area contributed by atoms with Crippen molar-refractivity contribution in [3.8, 4) is 5.75 Å². The molecule has 166 valence electrons. The number of nitrogens with zero attached hydrogens (tertiary/aromatic N) is 2. The van der Waals surface area contributed by atoms with E-state index in [1.807, 2.05) is 46.8 Å². The standard InChI is InChI=1S/C26H28N2O3S/c29-32(30,28-16-21-10-19-9-20(11-21)13-23(28)12-19)24-14-22-3-1-2-4-25(22)26(15-24)31-17-18-5-7-27-8-6-18/h1-8,14-15,19-21,23H,9-13,16-17H2. The van der Waals surface area contributed by atoms with Gasteiger partial charge in [0.05, 0.1) is 4.90 Å². The highest BCUT2D eigenvalue weighted by Gasteiger charge is 2.46. The molecule has 6 heteroatoms. The number of hydrogen-bond donors (Lipinski definition) is 0. The van der Waals surface area contributed by atoms with Gasteiger partial charge in [0.2, 0.25) is 10.0 Å². The van der Waals surface area contributed by atoms with Crippen LogP contribution >= 0.6 is 0 Å². The molecule has 4 fully saturated rings. The van der Waals surface area contributed by atoms with Crippen LogP contribution in [0.5, 0.6) is 5.75 Å². The molecule has 2 aromatic carbocycles. The fourth-order valence-electron chi connectivity index (χ4n) is 6.33. The Labute approximate surface area is 189 Å². The second-order valence-corrected chi connectivity index (χ2v) is 11.7. The summed E-state index contributed by atoms with van der Waals surface area (Å²) in [6.07, 6.45) is 9.19. The maximum absolute atomic E-state index is 13.9. The van der Waals surface area contributed by atoms with Crippen LogP contribution in [0.4, 0.5) is 0 Å². The molecular formula is C26H28N2O3S. The van der Waals surface area contributed by atoms with E-state index < -0.39 is 10.0 Å². The van der Waals surface area contributed by atoms with Gasteiger partial charge in [-0.25, -0.2) is 8.42 Å². The monoisotopic (exact) mass is 448 g/mol. The van der Waals surface area contributed by atoms with E-state index in [4.69, 9.17) is 4.74 Å². The van der Waals surface area contributed by atoms with Crippen LogP contribution in [0.3, 0.4) is 0 Å². The van der Waals surface area contributed by atoms with Crippen molar-refractivity contribution < 1.29 is 13.2 Å². The Morgan fingerprint density at radius 2 is 1.62 bits per heavy atom. The van der Waals surface area contributed by atoms with Gasteiger partial charge in [0.1, 0.15) is 12.4 Å². The van der Waals surface area contributed by atoms with Gasteiger partial charge in [-0.15, -0.1) is 0 Å². The maximum atomic E-state index is 13.9. The van der Waals surface area contributed by atoms with Crippen molar-refractivity contribution in [2.45, 2.75) is 49.6 Å². The Bertz CT molecular complexity index is 1230. The average molecular weight is 449 g/mol. The number of fused-ring (bicyclic) bond motifs is 2. The summed E-state index contributed by atoms with van der Waals surface area (Å²) < 4.78 is 35.9. The van der Waals surface area contributed by atoms with Crippen molar-refractivity contribution >= 4 is 20.8 Å². The van der Waals surface area contributed by atoms with Crippen LogP contribution < -0.4 is 4.74 Å². The van der Waals surface area contributed by atoms with Crippen LogP contribution in [-0.4, -0.2) is 30.3 Å². The minimum atomic E-state index is -3.60. The molecule has 4 aliphatic rings. The molecule has 2 unspecified atom stereocenters. The second-order valence-electron chi connectivity index (χ2n) is 9.79. The summed E-state index contributed by atoms with van der Waals surface area (Å²) in [7, 11) is -3.60. The summed E-state index contributed by atoms with van der Waals surface area (Å²) >= 11 is 0. The number of pyridine rings is 1. The van der Waals surface area contributed by atoms with Gasteiger partial charge >= 0.3 is 0 Å². The van der Waals surface area contributed by atoms with Crippen LogP contribution in [0.2, 0.25) is 0 Å². The highest BCUT2D eigenvalue weighted by molar-refractivity contribution is 7.89. The molecule has 0 spiro atoms. The summed E-state index contributed by atoms with van der Waals surface area (Å²) in [5, 5.41) is 1.82. The molecule has 2 atom stereocenters. The summed E-state index contributed by atoms with van der Waals surface area (Å²) in [4.78, 5) is 4.40. The van der Waals surface area contributed by atoms with Gasteiger partial charge in [-0.2, -0.15) is 4.31 Å². The summed E-state index contributed by atoms with van der Waals surface area (Å²) in [6, 6.07) is 15.4. The fraction of sp³-hybridized carbons (Fsp3) is 0.423. The van der Waals surface area contributed by atoms with Gasteiger partial charge in [-0.05, 0) is 79.0 Å². The first-order valence-electron chi connectivity index (χ1n) is 11.6. The Balaban J connectivity index is 1.38. The smallest absolute Gasteiger partial charge is 0.243 e. The Morgan fingerprint density at radius 3 is 2.41 bits per heavy atom. The maximum Gasteiger partial charge on any atom is 0.243 e. The molecule has 4 bridgehead atoms. The number of aromatic nitrogens is 1. The highest BCUT2D eigenvalue weighted by Crippen LogP contribution is 2.49. The van der Waals surface area contributed by atoms with Crippen molar-refractivity contribution in [1.82, 2.24) is 9.29 Å². The van der Waals surface area contributed by atoms with Crippen molar-refractivity contribution in [2.75, 3.05) is 6.54 Å². The molecule has 2 saturated heterocycles. The predicted octanol–water partition coefficient (Wildman–Crippen LogP) is 5.01. The van der Waals surface area contributed by atoms with E-state index in [-0.39, 0.29) is 6.04 Å². The van der Waals surface area contributed by atoms with Crippen LogP contribution in [0, 0.1) is 17.8 Å². The molecule has 5 nitrogen and oxygen atoms in total. The zero-order valence-corrected chi connectivity index (χ0v) is 18.9. The first-order chi connectivity index (χ1) is 15.6. The zero-order valence-electron chi connectivity index (χ0n) is 18.1. The minimum Gasteiger partial charge on any atom is -0.488 e. The van der Waals surface area contributed by atoms with Gasteiger partial charge < -0.3 is 4.74 Å². The SMILES string of the molecule is O=S(=O)(c1cc(OCc2ccncc2)c2ccccc2c1)N1CC2CC3CC(C2)CC1C3. The minimum absolute atomic E-state index is 0.143. The van der Waals surface area contributed by atoms with Gasteiger partial charge in [0, 0.05) is 36.4 Å². The predicted molar refractivity (Wildman–Crippen MR) is 124 cm³/mol. The average Bonchev–Trinajstić information content (AvgIpc) is 3.01. The largest absolute Gasteiger partial charge is 0.488 e. The molecule has 0 radical (unpaired) electrons. The lowest BCUT2D eigenvalue weighted by Gasteiger charge is -2.38. The van der Waals surface area contributed by atoms with Gasteiger partial charge in [0.15, 0.2) is 0 Å².